The number of furan rings is 1. The molecule has 5 nitrogen and oxygen atoms in total. The molecular formula is C20H26O5. The van der Waals surface area contributed by atoms with Crippen LogP contribution in [0, 0.1) is 22.7 Å². The Morgan fingerprint density at radius 2 is 1.96 bits per heavy atom. The minimum Gasteiger partial charge on any atom is -0.481 e. The maximum Gasteiger partial charge on any atom is 0.313 e. The van der Waals surface area contributed by atoms with Crippen LogP contribution in [0.5, 0.6) is 0 Å². The Morgan fingerprint density at radius 1 is 1.20 bits per heavy atom. The van der Waals surface area contributed by atoms with Crippen LogP contribution in [0.2, 0.25) is 0 Å². The molecule has 1 saturated heterocycles. The smallest absolute Gasteiger partial charge is 0.313 e. The Bertz CT molecular complexity index is 736. The summed E-state index contributed by atoms with van der Waals surface area (Å²) in [6.07, 6.45) is 7.58. The lowest BCUT2D eigenvalue weighted by atomic mass is 9.43. The molecule has 0 bridgehead atoms. The van der Waals surface area contributed by atoms with E-state index in [1.54, 1.807) is 6.92 Å². The highest BCUT2D eigenvalue weighted by molar-refractivity contribution is 5.78. The SMILES string of the molecule is C[C@]12CC(=O)OC[C@](C)(C(=O)O)C1CC[C@@]1(C)c3cocc3CCC21. The third-order valence-corrected chi connectivity index (χ3v) is 7.69. The lowest BCUT2D eigenvalue weighted by Gasteiger charge is -2.59. The molecule has 1 aromatic rings. The van der Waals surface area contributed by atoms with E-state index in [0.717, 1.165) is 25.7 Å². The highest BCUT2D eigenvalue weighted by atomic mass is 16.5. The first-order chi connectivity index (χ1) is 11.7. The van der Waals surface area contributed by atoms with Crippen LogP contribution in [-0.4, -0.2) is 23.7 Å². The van der Waals surface area contributed by atoms with E-state index in [9.17, 15) is 14.7 Å². The second kappa shape index (κ2) is 5.12. The summed E-state index contributed by atoms with van der Waals surface area (Å²) in [6, 6.07) is 0. The topological polar surface area (TPSA) is 76.7 Å². The molecule has 1 N–H and O–H groups in total. The first kappa shape index (κ1) is 16.7. The van der Waals surface area contributed by atoms with Gasteiger partial charge in [-0.05, 0) is 66.4 Å². The molecule has 1 aliphatic heterocycles. The normalized spacial score (nSPS) is 43.2. The van der Waals surface area contributed by atoms with Gasteiger partial charge >= 0.3 is 11.9 Å². The summed E-state index contributed by atoms with van der Waals surface area (Å²) in [4.78, 5) is 24.5. The van der Waals surface area contributed by atoms with E-state index in [1.165, 1.54) is 11.1 Å². The zero-order chi connectivity index (χ0) is 18.0. The quantitative estimate of drug-likeness (QED) is 0.787. The van der Waals surface area contributed by atoms with Gasteiger partial charge in [0.25, 0.3) is 0 Å². The number of ether oxygens (including phenoxy) is 1. The van der Waals surface area contributed by atoms with Crippen LogP contribution in [0.4, 0.5) is 0 Å². The lowest BCUT2D eigenvalue weighted by molar-refractivity contribution is -0.164. The fraction of sp³-hybridized carbons (Fsp3) is 0.700. The summed E-state index contributed by atoms with van der Waals surface area (Å²) >= 11 is 0. The van der Waals surface area contributed by atoms with Crippen molar-refractivity contribution < 1.29 is 23.8 Å². The average Bonchev–Trinajstić information content (AvgIpc) is 2.98. The van der Waals surface area contributed by atoms with Crippen LogP contribution in [0.25, 0.3) is 0 Å². The molecule has 2 aliphatic carbocycles. The Labute approximate surface area is 147 Å². The highest BCUT2D eigenvalue weighted by Crippen LogP contribution is 2.64. The molecule has 4 rings (SSSR count). The number of hydrogen-bond acceptors (Lipinski definition) is 4. The number of esters is 1. The van der Waals surface area contributed by atoms with Gasteiger partial charge in [-0.3, -0.25) is 9.59 Å². The van der Waals surface area contributed by atoms with Crippen LogP contribution in [0.1, 0.15) is 57.6 Å². The fourth-order valence-corrected chi connectivity index (χ4v) is 6.40. The van der Waals surface area contributed by atoms with Crippen LogP contribution < -0.4 is 0 Å². The van der Waals surface area contributed by atoms with Gasteiger partial charge in [0.2, 0.25) is 0 Å². The Hall–Kier alpha value is -1.78. The van der Waals surface area contributed by atoms with Crippen molar-refractivity contribution in [3.05, 3.63) is 23.7 Å². The van der Waals surface area contributed by atoms with Crippen molar-refractivity contribution in [3.63, 3.8) is 0 Å². The van der Waals surface area contributed by atoms with E-state index < -0.39 is 11.4 Å². The maximum absolute atomic E-state index is 12.4. The third-order valence-electron chi connectivity index (χ3n) is 7.69. The summed E-state index contributed by atoms with van der Waals surface area (Å²) in [5.74, 6) is -0.954. The predicted molar refractivity (Wildman–Crippen MR) is 90.0 cm³/mol. The van der Waals surface area contributed by atoms with Crippen molar-refractivity contribution >= 4 is 11.9 Å². The van der Waals surface area contributed by atoms with E-state index in [2.05, 4.69) is 13.8 Å². The van der Waals surface area contributed by atoms with E-state index >= 15 is 0 Å². The number of carboxylic acids is 1. The molecule has 5 atom stereocenters. The molecule has 0 aromatic carbocycles. The number of hydrogen-bond donors (Lipinski definition) is 1. The predicted octanol–water partition coefficient (Wildman–Crippen LogP) is 3.55. The van der Waals surface area contributed by atoms with Crippen molar-refractivity contribution in [1.82, 2.24) is 0 Å². The Balaban J connectivity index is 1.85. The summed E-state index contributed by atoms with van der Waals surface area (Å²) < 4.78 is 10.9. The lowest BCUT2D eigenvalue weighted by Crippen LogP contribution is -2.58. The van der Waals surface area contributed by atoms with Gasteiger partial charge in [-0.25, -0.2) is 0 Å². The molecule has 136 valence electrons. The second-order valence-electron chi connectivity index (χ2n) is 8.98. The summed E-state index contributed by atoms with van der Waals surface area (Å²) in [6.45, 7) is 6.12. The van der Waals surface area contributed by atoms with Gasteiger partial charge in [-0.1, -0.05) is 13.8 Å². The van der Waals surface area contributed by atoms with Crippen molar-refractivity contribution in [3.8, 4) is 0 Å². The second-order valence-corrected chi connectivity index (χ2v) is 8.98. The van der Waals surface area contributed by atoms with Crippen LogP contribution in [0.3, 0.4) is 0 Å². The highest BCUT2D eigenvalue weighted by Gasteiger charge is 2.63. The standard InChI is InChI=1S/C20H26O5/c1-18-7-6-15-19(2,8-16(21)25-11-20(15,3)17(22)23)14(18)5-4-12-9-24-10-13(12)18/h9-10,14-15H,4-8,11H2,1-3H3,(H,22,23)/t14?,15?,18-,19+,20-/m0/s1. The number of carbonyl (C=O) groups is 2. The molecule has 2 heterocycles. The number of aliphatic carboxylic acids is 1. The molecule has 0 spiro atoms. The van der Waals surface area contributed by atoms with E-state index in [4.69, 9.17) is 9.15 Å². The number of carboxylic acid groups (broad SMARTS) is 1. The number of carbonyl (C=O) groups excluding carboxylic acids is 1. The van der Waals surface area contributed by atoms with Gasteiger partial charge in [0.1, 0.15) is 12.0 Å². The van der Waals surface area contributed by atoms with Gasteiger partial charge in [-0.15, -0.1) is 0 Å². The number of rotatable bonds is 1. The average molecular weight is 346 g/mol. The zero-order valence-corrected chi connectivity index (χ0v) is 15.1. The molecule has 25 heavy (non-hydrogen) atoms. The fourth-order valence-electron chi connectivity index (χ4n) is 6.40. The van der Waals surface area contributed by atoms with Gasteiger partial charge in [0.15, 0.2) is 0 Å². The van der Waals surface area contributed by atoms with E-state index in [1.807, 2.05) is 12.5 Å². The Morgan fingerprint density at radius 3 is 2.68 bits per heavy atom. The minimum absolute atomic E-state index is 0.0260. The molecule has 1 aromatic heterocycles. The first-order valence-electron chi connectivity index (χ1n) is 9.16. The van der Waals surface area contributed by atoms with Crippen molar-refractivity contribution in [2.24, 2.45) is 22.7 Å². The van der Waals surface area contributed by atoms with Crippen molar-refractivity contribution in [2.45, 2.75) is 58.3 Å². The van der Waals surface area contributed by atoms with Gasteiger partial charge in [0.05, 0.1) is 18.9 Å². The molecule has 1 saturated carbocycles. The van der Waals surface area contributed by atoms with Gasteiger partial charge < -0.3 is 14.3 Å². The molecular weight excluding hydrogens is 320 g/mol. The molecule has 2 unspecified atom stereocenters. The summed E-state index contributed by atoms with van der Waals surface area (Å²) in [7, 11) is 0. The maximum atomic E-state index is 12.4. The number of fused-ring (bicyclic) bond motifs is 5. The molecule has 5 heteroatoms. The minimum atomic E-state index is -1.03. The molecule has 3 aliphatic rings. The Kier molecular flexibility index (Phi) is 3.41. The van der Waals surface area contributed by atoms with Crippen molar-refractivity contribution in [1.29, 1.82) is 0 Å². The third kappa shape index (κ3) is 2.07. The van der Waals surface area contributed by atoms with E-state index in [0.29, 0.717) is 6.42 Å². The molecule has 0 radical (unpaired) electrons. The number of aryl methyl sites for hydroxylation is 1. The summed E-state index contributed by atoms with van der Waals surface area (Å²) in [5, 5.41) is 9.94. The van der Waals surface area contributed by atoms with Crippen LogP contribution >= 0.6 is 0 Å². The van der Waals surface area contributed by atoms with Gasteiger partial charge in [-0.2, -0.15) is 0 Å². The first-order valence-corrected chi connectivity index (χ1v) is 9.16. The molecule has 0 amide bonds. The van der Waals surface area contributed by atoms with E-state index in [-0.39, 0.29) is 35.2 Å². The zero-order valence-electron chi connectivity index (χ0n) is 15.1. The van der Waals surface area contributed by atoms with Gasteiger partial charge in [0, 0.05) is 0 Å². The number of cyclic esters (lactones) is 1. The van der Waals surface area contributed by atoms with Crippen LogP contribution in [0.15, 0.2) is 16.9 Å². The summed E-state index contributed by atoms with van der Waals surface area (Å²) in [5.41, 5.74) is 1.02. The van der Waals surface area contributed by atoms with Crippen molar-refractivity contribution in [2.75, 3.05) is 6.61 Å². The van der Waals surface area contributed by atoms with Crippen LogP contribution in [-0.2, 0) is 26.2 Å². The monoisotopic (exact) mass is 346 g/mol. The molecule has 2 fully saturated rings. The largest absolute Gasteiger partial charge is 0.481 e.